The van der Waals surface area contributed by atoms with E-state index in [2.05, 4.69) is 26.1 Å². The highest BCUT2D eigenvalue weighted by Crippen LogP contribution is 2.31. The lowest BCUT2D eigenvalue weighted by Gasteiger charge is -2.24. The second kappa shape index (κ2) is 7.09. The topological polar surface area (TPSA) is 75.7 Å². The van der Waals surface area contributed by atoms with Crippen molar-refractivity contribution < 1.29 is 19.1 Å². The number of nitrogens with one attached hydrogen (secondary N) is 1. The quantitative estimate of drug-likeness (QED) is 0.647. The van der Waals surface area contributed by atoms with E-state index < -0.39 is 23.4 Å². The van der Waals surface area contributed by atoms with E-state index in [1.54, 1.807) is 6.92 Å². The van der Waals surface area contributed by atoms with Crippen LogP contribution >= 0.6 is 0 Å². The van der Waals surface area contributed by atoms with E-state index in [1.807, 2.05) is 38.1 Å². The summed E-state index contributed by atoms with van der Waals surface area (Å²) in [5, 5.41) is 2.70. The zero-order valence-corrected chi connectivity index (χ0v) is 16.4. The van der Waals surface area contributed by atoms with Crippen LogP contribution < -0.4 is 5.32 Å². The Morgan fingerprint density at radius 2 is 1.77 bits per heavy atom. The number of carbonyl (C=O) groups is 3. The molecule has 1 N–H and O–H groups in total. The summed E-state index contributed by atoms with van der Waals surface area (Å²) < 4.78 is 5.08. The van der Waals surface area contributed by atoms with Gasteiger partial charge in [0.1, 0.15) is 12.1 Å². The number of nitrogens with zero attached hydrogens (tertiary/aromatic N) is 1. The zero-order chi connectivity index (χ0) is 19.7. The average Bonchev–Trinajstić information content (AvgIpc) is 2.76. The van der Waals surface area contributed by atoms with Crippen LogP contribution in [0.5, 0.6) is 0 Å². The summed E-state index contributed by atoms with van der Waals surface area (Å²) >= 11 is 0. The highest BCUT2D eigenvalue weighted by Gasteiger charge is 2.49. The molecule has 0 aromatic heterocycles. The van der Waals surface area contributed by atoms with Crippen LogP contribution in [0.25, 0.3) is 0 Å². The standard InChI is InChI=1S/C20H28N2O4/c1-13(2)12-26-16(23)11-22-17(24)20(6,21-18(22)25)15-9-7-14(8-10-15)19(3,4)5/h7-10,13H,11-12H2,1-6H3,(H,21,25). The van der Waals surface area contributed by atoms with Crippen molar-refractivity contribution in [3.05, 3.63) is 35.4 Å². The van der Waals surface area contributed by atoms with Gasteiger partial charge in [-0.05, 0) is 29.4 Å². The van der Waals surface area contributed by atoms with E-state index in [-0.39, 0.29) is 24.5 Å². The van der Waals surface area contributed by atoms with E-state index in [4.69, 9.17) is 4.74 Å². The first-order chi connectivity index (χ1) is 11.9. The van der Waals surface area contributed by atoms with Gasteiger partial charge in [0.2, 0.25) is 0 Å². The molecule has 142 valence electrons. The number of rotatable bonds is 5. The highest BCUT2D eigenvalue weighted by molar-refractivity contribution is 6.08. The Hall–Kier alpha value is -2.37. The number of hydrogen-bond acceptors (Lipinski definition) is 4. The molecule has 1 unspecified atom stereocenters. The summed E-state index contributed by atoms with van der Waals surface area (Å²) in [6.07, 6.45) is 0. The molecule has 6 nitrogen and oxygen atoms in total. The van der Waals surface area contributed by atoms with Gasteiger partial charge < -0.3 is 10.1 Å². The van der Waals surface area contributed by atoms with Gasteiger partial charge in [0.05, 0.1) is 6.61 Å². The zero-order valence-electron chi connectivity index (χ0n) is 16.4. The van der Waals surface area contributed by atoms with Gasteiger partial charge in [-0.3, -0.25) is 14.5 Å². The molecule has 2 rings (SSSR count). The molecule has 1 aromatic carbocycles. The number of esters is 1. The van der Waals surface area contributed by atoms with Crippen molar-refractivity contribution in [2.24, 2.45) is 5.92 Å². The Morgan fingerprint density at radius 1 is 1.19 bits per heavy atom. The molecule has 1 atom stereocenters. The number of carbonyl (C=O) groups excluding carboxylic acids is 3. The molecule has 1 fully saturated rings. The molecule has 0 radical (unpaired) electrons. The molecular formula is C20H28N2O4. The molecular weight excluding hydrogens is 332 g/mol. The van der Waals surface area contributed by atoms with Crippen molar-refractivity contribution >= 4 is 17.9 Å². The van der Waals surface area contributed by atoms with Crippen molar-refractivity contribution in [1.29, 1.82) is 0 Å². The summed E-state index contributed by atoms with van der Waals surface area (Å²) in [5.74, 6) is -0.851. The van der Waals surface area contributed by atoms with Crippen molar-refractivity contribution in [3.63, 3.8) is 0 Å². The van der Waals surface area contributed by atoms with Gasteiger partial charge in [-0.25, -0.2) is 4.79 Å². The maximum Gasteiger partial charge on any atom is 0.326 e. The number of imide groups is 1. The van der Waals surface area contributed by atoms with Crippen LogP contribution in [0.3, 0.4) is 0 Å². The van der Waals surface area contributed by atoms with Crippen LogP contribution in [0, 0.1) is 5.92 Å². The Balaban J connectivity index is 2.17. The van der Waals surface area contributed by atoms with Gasteiger partial charge in [0.15, 0.2) is 0 Å². The summed E-state index contributed by atoms with van der Waals surface area (Å²) in [6, 6.07) is 7.02. The lowest BCUT2D eigenvalue weighted by Crippen LogP contribution is -2.41. The van der Waals surface area contributed by atoms with Gasteiger partial charge in [-0.2, -0.15) is 0 Å². The Morgan fingerprint density at radius 3 is 2.27 bits per heavy atom. The third-order valence-electron chi connectivity index (χ3n) is 4.47. The molecule has 0 saturated carbocycles. The monoisotopic (exact) mass is 360 g/mol. The fourth-order valence-corrected chi connectivity index (χ4v) is 2.77. The smallest absolute Gasteiger partial charge is 0.326 e. The molecule has 3 amide bonds. The Kier molecular flexibility index (Phi) is 5.44. The second-order valence-corrected chi connectivity index (χ2v) is 8.35. The Labute approximate surface area is 154 Å². The van der Waals surface area contributed by atoms with E-state index in [0.717, 1.165) is 10.5 Å². The van der Waals surface area contributed by atoms with Gasteiger partial charge >= 0.3 is 12.0 Å². The lowest BCUT2D eigenvalue weighted by atomic mass is 9.84. The van der Waals surface area contributed by atoms with Gasteiger partial charge in [0, 0.05) is 0 Å². The molecule has 1 aromatic rings. The molecule has 1 aliphatic heterocycles. The molecule has 0 bridgehead atoms. The SMILES string of the molecule is CC(C)COC(=O)CN1C(=O)NC(C)(c2ccc(C(C)(C)C)cc2)C1=O. The molecule has 1 aliphatic rings. The Bertz CT molecular complexity index is 704. The fraction of sp³-hybridized carbons (Fsp3) is 0.550. The predicted octanol–water partition coefficient (Wildman–Crippen LogP) is 2.95. The van der Waals surface area contributed by atoms with Crippen molar-refractivity contribution in [3.8, 4) is 0 Å². The number of amides is 3. The molecule has 0 aliphatic carbocycles. The van der Waals surface area contributed by atoms with Crippen molar-refractivity contribution in [1.82, 2.24) is 10.2 Å². The maximum absolute atomic E-state index is 12.8. The van der Waals surface area contributed by atoms with Crippen LogP contribution in [-0.2, 0) is 25.3 Å². The van der Waals surface area contributed by atoms with Crippen LogP contribution in [-0.4, -0.2) is 36.0 Å². The van der Waals surface area contributed by atoms with Gasteiger partial charge in [-0.1, -0.05) is 58.9 Å². The summed E-state index contributed by atoms with van der Waals surface area (Å²) in [5.41, 5.74) is 0.623. The van der Waals surface area contributed by atoms with Crippen LogP contribution in [0.4, 0.5) is 4.79 Å². The van der Waals surface area contributed by atoms with E-state index in [9.17, 15) is 14.4 Å². The normalized spacial score (nSPS) is 20.5. The first-order valence-corrected chi connectivity index (χ1v) is 8.86. The molecule has 0 spiro atoms. The average molecular weight is 360 g/mol. The van der Waals surface area contributed by atoms with Crippen LogP contribution in [0.1, 0.15) is 52.7 Å². The summed E-state index contributed by atoms with van der Waals surface area (Å²) in [4.78, 5) is 37.9. The van der Waals surface area contributed by atoms with Crippen LogP contribution in [0.15, 0.2) is 24.3 Å². The molecule has 1 saturated heterocycles. The summed E-state index contributed by atoms with van der Waals surface area (Å²) in [7, 11) is 0. The van der Waals surface area contributed by atoms with Crippen molar-refractivity contribution in [2.75, 3.05) is 13.2 Å². The first kappa shape index (κ1) is 19.9. The molecule has 1 heterocycles. The third-order valence-corrected chi connectivity index (χ3v) is 4.47. The fourth-order valence-electron chi connectivity index (χ4n) is 2.77. The minimum absolute atomic E-state index is 0.00538. The van der Waals surface area contributed by atoms with E-state index in [0.29, 0.717) is 5.56 Å². The van der Waals surface area contributed by atoms with Gasteiger partial charge in [0.25, 0.3) is 5.91 Å². The van der Waals surface area contributed by atoms with Crippen molar-refractivity contribution in [2.45, 2.75) is 52.5 Å². The van der Waals surface area contributed by atoms with E-state index in [1.165, 1.54) is 0 Å². The highest BCUT2D eigenvalue weighted by atomic mass is 16.5. The predicted molar refractivity (Wildman–Crippen MR) is 98.5 cm³/mol. The first-order valence-electron chi connectivity index (χ1n) is 8.86. The largest absolute Gasteiger partial charge is 0.464 e. The lowest BCUT2D eigenvalue weighted by molar-refractivity contribution is -0.148. The minimum Gasteiger partial charge on any atom is -0.464 e. The number of benzene rings is 1. The number of ether oxygens (including phenoxy) is 1. The number of urea groups is 1. The summed E-state index contributed by atoms with van der Waals surface area (Å²) in [6.45, 7) is 11.7. The van der Waals surface area contributed by atoms with E-state index >= 15 is 0 Å². The second-order valence-electron chi connectivity index (χ2n) is 8.35. The third kappa shape index (κ3) is 4.06. The van der Waals surface area contributed by atoms with Crippen LogP contribution in [0.2, 0.25) is 0 Å². The van der Waals surface area contributed by atoms with Gasteiger partial charge in [-0.15, -0.1) is 0 Å². The molecule has 26 heavy (non-hydrogen) atoms. The number of hydrogen-bond donors (Lipinski definition) is 1. The maximum atomic E-state index is 12.8. The molecule has 6 heteroatoms. The minimum atomic E-state index is -1.19.